The quantitative estimate of drug-likeness (QED) is 0.897. The number of nitrogens with zero attached hydrogens (tertiary/aromatic N) is 2. The smallest absolute Gasteiger partial charge is 0.0705 e. The molecule has 0 bridgehead atoms. The predicted molar refractivity (Wildman–Crippen MR) is 74.4 cm³/mol. The Hall–Kier alpha value is -1.45. The van der Waals surface area contributed by atoms with Gasteiger partial charge >= 0.3 is 0 Å². The minimum Gasteiger partial charge on any atom is -0.394 e. The zero-order valence-electron chi connectivity index (χ0n) is 11.2. The van der Waals surface area contributed by atoms with Crippen LogP contribution in [0.15, 0.2) is 36.5 Å². The lowest BCUT2D eigenvalue weighted by Gasteiger charge is -2.34. The van der Waals surface area contributed by atoms with E-state index in [1.807, 2.05) is 51.4 Å². The molecule has 0 spiro atoms. The highest BCUT2D eigenvalue weighted by molar-refractivity contribution is 5.81. The molecule has 3 heteroatoms. The lowest BCUT2D eigenvalue weighted by atomic mass is 10.0. The topological polar surface area (TPSA) is 36.4 Å². The van der Waals surface area contributed by atoms with Crippen LogP contribution in [0, 0.1) is 0 Å². The molecular formula is C15H20N2O. The Labute approximate surface area is 108 Å². The van der Waals surface area contributed by atoms with Crippen LogP contribution < -0.4 is 0 Å². The van der Waals surface area contributed by atoms with Crippen molar-refractivity contribution in [2.24, 2.45) is 0 Å². The molecule has 0 aliphatic heterocycles. The number of likely N-dealkylation sites (N-methyl/N-ethyl adjacent to an activating group) is 1. The molecule has 1 heterocycles. The van der Waals surface area contributed by atoms with Gasteiger partial charge in [-0.05, 0) is 38.6 Å². The summed E-state index contributed by atoms with van der Waals surface area (Å²) in [7, 11) is 2.03. The van der Waals surface area contributed by atoms with Gasteiger partial charge < -0.3 is 5.11 Å². The molecule has 0 radical (unpaired) electrons. The van der Waals surface area contributed by atoms with Crippen molar-refractivity contribution in [2.45, 2.75) is 25.9 Å². The first-order valence-corrected chi connectivity index (χ1v) is 6.19. The number of rotatable bonds is 4. The lowest BCUT2D eigenvalue weighted by molar-refractivity contribution is 0.0737. The van der Waals surface area contributed by atoms with Gasteiger partial charge in [-0.1, -0.05) is 18.2 Å². The number of hydrogen-bond donors (Lipinski definition) is 1. The first-order chi connectivity index (χ1) is 8.54. The molecule has 0 saturated heterocycles. The van der Waals surface area contributed by atoms with Crippen LogP contribution in [0.3, 0.4) is 0 Å². The average molecular weight is 244 g/mol. The lowest BCUT2D eigenvalue weighted by Crippen LogP contribution is -2.43. The van der Waals surface area contributed by atoms with E-state index in [-0.39, 0.29) is 12.1 Å². The minimum absolute atomic E-state index is 0.145. The predicted octanol–water partition coefficient (Wildman–Crippen LogP) is 2.44. The molecule has 0 aliphatic carbocycles. The van der Waals surface area contributed by atoms with Crippen molar-refractivity contribution >= 4 is 10.9 Å². The van der Waals surface area contributed by atoms with Crippen molar-refractivity contribution in [3.05, 3.63) is 42.1 Å². The van der Waals surface area contributed by atoms with E-state index >= 15 is 0 Å². The summed E-state index contributed by atoms with van der Waals surface area (Å²) < 4.78 is 0. The van der Waals surface area contributed by atoms with Gasteiger partial charge in [-0.15, -0.1) is 0 Å². The second kappa shape index (κ2) is 5.04. The Bertz CT molecular complexity index is 532. The SMILES string of the molecule is CN(Cc1ccnc2ccccc12)C(C)(C)CO. The first-order valence-electron chi connectivity index (χ1n) is 6.19. The Morgan fingerprint density at radius 3 is 2.67 bits per heavy atom. The van der Waals surface area contributed by atoms with Crippen molar-refractivity contribution in [1.29, 1.82) is 0 Å². The number of aliphatic hydroxyl groups is 1. The second-order valence-electron chi connectivity index (χ2n) is 5.31. The third-order valence-electron chi connectivity index (χ3n) is 3.57. The third-order valence-corrected chi connectivity index (χ3v) is 3.57. The highest BCUT2D eigenvalue weighted by atomic mass is 16.3. The van der Waals surface area contributed by atoms with E-state index in [0.717, 1.165) is 12.1 Å². The van der Waals surface area contributed by atoms with E-state index in [1.54, 1.807) is 0 Å². The molecule has 1 aromatic heterocycles. The molecule has 1 N–H and O–H groups in total. The Kier molecular flexibility index (Phi) is 3.64. The molecule has 96 valence electrons. The Morgan fingerprint density at radius 2 is 1.94 bits per heavy atom. The van der Waals surface area contributed by atoms with E-state index in [4.69, 9.17) is 0 Å². The van der Waals surface area contributed by atoms with E-state index in [9.17, 15) is 5.11 Å². The summed E-state index contributed by atoms with van der Waals surface area (Å²) in [5.74, 6) is 0. The Morgan fingerprint density at radius 1 is 1.22 bits per heavy atom. The maximum Gasteiger partial charge on any atom is 0.0705 e. The van der Waals surface area contributed by atoms with Crippen LogP contribution in [0.4, 0.5) is 0 Å². The average Bonchev–Trinajstić information content (AvgIpc) is 2.39. The molecule has 1 aromatic carbocycles. The van der Waals surface area contributed by atoms with Crippen molar-refractivity contribution in [3.63, 3.8) is 0 Å². The molecule has 18 heavy (non-hydrogen) atoms. The molecule has 2 rings (SSSR count). The van der Waals surface area contributed by atoms with Crippen molar-refractivity contribution in [1.82, 2.24) is 9.88 Å². The summed E-state index contributed by atoms with van der Waals surface area (Å²) in [5.41, 5.74) is 2.04. The summed E-state index contributed by atoms with van der Waals surface area (Å²) in [4.78, 5) is 6.53. The van der Waals surface area contributed by atoms with E-state index in [0.29, 0.717) is 0 Å². The Balaban J connectivity index is 2.32. The third kappa shape index (κ3) is 2.52. The van der Waals surface area contributed by atoms with Gasteiger partial charge in [0.15, 0.2) is 0 Å². The number of benzene rings is 1. The van der Waals surface area contributed by atoms with Gasteiger partial charge in [-0.3, -0.25) is 9.88 Å². The normalized spacial score (nSPS) is 12.3. The highest BCUT2D eigenvalue weighted by Crippen LogP contribution is 2.20. The summed E-state index contributed by atoms with van der Waals surface area (Å²) in [6.45, 7) is 5.02. The highest BCUT2D eigenvalue weighted by Gasteiger charge is 2.22. The summed E-state index contributed by atoms with van der Waals surface area (Å²) in [6, 6.07) is 10.2. The molecule has 0 unspecified atom stereocenters. The van der Waals surface area contributed by atoms with Crippen LogP contribution in [0.25, 0.3) is 10.9 Å². The minimum atomic E-state index is -0.218. The molecule has 0 amide bonds. The monoisotopic (exact) mass is 244 g/mol. The summed E-state index contributed by atoms with van der Waals surface area (Å²) in [5, 5.41) is 10.6. The summed E-state index contributed by atoms with van der Waals surface area (Å²) >= 11 is 0. The van der Waals surface area contributed by atoms with Crippen molar-refractivity contribution < 1.29 is 5.11 Å². The van der Waals surface area contributed by atoms with Crippen LogP contribution >= 0.6 is 0 Å². The fraction of sp³-hybridized carbons (Fsp3) is 0.400. The van der Waals surface area contributed by atoms with Gasteiger partial charge in [0, 0.05) is 23.7 Å². The number of aromatic nitrogens is 1. The molecule has 0 fully saturated rings. The molecule has 0 atom stereocenters. The fourth-order valence-electron chi connectivity index (χ4n) is 1.88. The van der Waals surface area contributed by atoms with Crippen LogP contribution in [-0.4, -0.2) is 34.2 Å². The molecule has 0 saturated carbocycles. The van der Waals surface area contributed by atoms with Crippen LogP contribution in [-0.2, 0) is 6.54 Å². The summed E-state index contributed by atoms with van der Waals surface area (Å²) in [6.07, 6.45) is 1.84. The number of para-hydroxylation sites is 1. The van der Waals surface area contributed by atoms with Crippen molar-refractivity contribution in [3.8, 4) is 0 Å². The molecule has 3 nitrogen and oxygen atoms in total. The van der Waals surface area contributed by atoms with E-state index < -0.39 is 0 Å². The van der Waals surface area contributed by atoms with Gasteiger partial charge in [0.1, 0.15) is 0 Å². The van der Waals surface area contributed by atoms with Gasteiger partial charge in [0.05, 0.1) is 12.1 Å². The van der Waals surface area contributed by atoms with Gasteiger partial charge in [0.25, 0.3) is 0 Å². The number of hydrogen-bond acceptors (Lipinski definition) is 3. The van der Waals surface area contributed by atoms with E-state index in [2.05, 4.69) is 16.0 Å². The van der Waals surface area contributed by atoms with Gasteiger partial charge in [-0.25, -0.2) is 0 Å². The number of aliphatic hydroxyl groups excluding tert-OH is 1. The van der Waals surface area contributed by atoms with E-state index in [1.165, 1.54) is 10.9 Å². The molecular weight excluding hydrogens is 224 g/mol. The largest absolute Gasteiger partial charge is 0.394 e. The maximum absolute atomic E-state index is 9.40. The molecule has 0 aliphatic rings. The van der Waals surface area contributed by atoms with Crippen LogP contribution in [0.1, 0.15) is 19.4 Å². The van der Waals surface area contributed by atoms with Crippen molar-refractivity contribution in [2.75, 3.05) is 13.7 Å². The zero-order valence-corrected chi connectivity index (χ0v) is 11.2. The zero-order chi connectivity index (χ0) is 13.2. The standard InChI is InChI=1S/C15H20N2O/c1-15(2,11-18)17(3)10-12-8-9-16-14-7-5-4-6-13(12)14/h4-9,18H,10-11H2,1-3H3. The fourth-order valence-corrected chi connectivity index (χ4v) is 1.88. The van der Waals surface area contributed by atoms with Crippen LogP contribution in [0.2, 0.25) is 0 Å². The second-order valence-corrected chi connectivity index (χ2v) is 5.31. The number of pyridine rings is 1. The van der Waals surface area contributed by atoms with Crippen LogP contribution in [0.5, 0.6) is 0 Å². The first kappa shape index (κ1) is 13.0. The van der Waals surface area contributed by atoms with Gasteiger partial charge in [0.2, 0.25) is 0 Å². The number of fused-ring (bicyclic) bond motifs is 1. The van der Waals surface area contributed by atoms with Gasteiger partial charge in [-0.2, -0.15) is 0 Å². The maximum atomic E-state index is 9.40. The molecule has 2 aromatic rings.